The lowest BCUT2D eigenvalue weighted by Crippen LogP contribution is -2.27. The molecule has 0 N–H and O–H groups in total. The molecular formula is C17H22N4OS. The smallest absolute Gasteiger partial charge is 0.233 e. The van der Waals surface area contributed by atoms with Gasteiger partial charge < -0.3 is 9.47 Å². The Morgan fingerprint density at radius 3 is 2.61 bits per heavy atom. The van der Waals surface area contributed by atoms with Gasteiger partial charge in [0.2, 0.25) is 5.91 Å². The molecule has 0 radical (unpaired) electrons. The first kappa shape index (κ1) is 16.1. The van der Waals surface area contributed by atoms with Gasteiger partial charge in [-0.15, -0.1) is 10.2 Å². The van der Waals surface area contributed by atoms with Gasteiger partial charge in [0, 0.05) is 19.6 Å². The van der Waals surface area contributed by atoms with Crippen LogP contribution in [-0.4, -0.2) is 38.4 Å². The lowest BCUT2D eigenvalue weighted by Gasteiger charge is -2.17. The van der Waals surface area contributed by atoms with Gasteiger partial charge in [-0.25, -0.2) is 0 Å². The summed E-state index contributed by atoms with van der Waals surface area (Å²) in [6.07, 6.45) is 2.38. The Morgan fingerprint density at radius 2 is 1.96 bits per heavy atom. The number of carbonyl (C=O) groups is 1. The third kappa shape index (κ3) is 3.93. The summed E-state index contributed by atoms with van der Waals surface area (Å²) < 4.78 is 2.16. The van der Waals surface area contributed by atoms with E-state index in [4.69, 9.17) is 0 Å². The van der Waals surface area contributed by atoms with Crippen LogP contribution in [0.2, 0.25) is 0 Å². The molecule has 0 saturated heterocycles. The fraction of sp³-hybridized carbons (Fsp3) is 0.471. The number of carbonyl (C=O) groups excluding carboxylic acids is 1. The van der Waals surface area contributed by atoms with Gasteiger partial charge in [0.1, 0.15) is 5.82 Å². The number of amides is 1. The molecule has 0 spiro atoms. The van der Waals surface area contributed by atoms with Crippen LogP contribution in [0.15, 0.2) is 29.4 Å². The van der Waals surface area contributed by atoms with Crippen LogP contribution in [0.25, 0.3) is 0 Å². The molecule has 1 aromatic carbocycles. The highest BCUT2D eigenvalue weighted by Crippen LogP contribution is 2.38. The monoisotopic (exact) mass is 330 g/mol. The number of benzene rings is 1. The molecular weight excluding hydrogens is 308 g/mol. The maximum atomic E-state index is 12.3. The van der Waals surface area contributed by atoms with Crippen molar-refractivity contribution in [1.82, 2.24) is 19.7 Å². The van der Waals surface area contributed by atoms with E-state index < -0.39 is 0 Å². The highest BCUT2D eigenvalue weighted by molar-refractivity contribution is 7.99. The lowest BCUT2D eigenvalue weighted by atomic mass is 10.1. The second kappa shape index (κ2) is 6.74. The number of thioether (sulfide) groups is 1. The predicted octanol–water partition coefficient (Wildman–Crippen LogP) is 2.98. The van der Waals surface area contributed by atoms with Gasteiger partial charge in [-0.3, -0.25) is 4.79 Å². The summed E-state index contributed by atoms with van der Waals surface area (Å²) in [6, 6.07) is 8.82. The zero-order valence-electron chi connectivity index (χ0n) is 13.8. The van der Waals surface area contributed by atoms with Gasteiger partial charge in [0.15, 0.2) is 5.16 Å². The minimum Gasteiger partial charge on any atom is -0.341 e. The number of hydrogen-bond acceptors (Lipinski definition) is 4. The second-order valence-corrected chi connectivity index (χ2v) is 7.10. The van der Waals surface area contributed by atoms with Gasteiger partial charge in [-0.05, 0) is 32.3 Å². The fourth-order valence-electron chi connectivity index (χ4n) is 2.49. The summed E-state index contributed by atoms with van der Waals surface area (Å²) in [7, 11) is 1.85. The first-order valence-electron chi connectivity index (χ1n) is 7.88. The summed E-state index contributed by atoms with van der Waals surface area (Å²) >= 11 is 1.48. The number of aryl methyl sites for hydroxylation is 2. The number of nitrogens with zero attached hydrogens (tertiary/aromatic N) is 4. The summed E-state index contributed by atoms with van der Waals surface area (Å²) in [5.41, 5.74) is 2.38. The van der Waals surface area contributed by atoms with Crippen molar-refractivity contribution in [2.45, 2.75) is 44.4 Å². The summed E-state index contributed by atoms with van der Waals surface area (Å²) in [4.78, 5) is 14.1. The molecule has 5 nitrogen and oxygen atoms in total. The molecule has 3 rings (SSSR count). The molecule has 6 heteroatoms. The van der Waals surface area contributed by atoms with Crippen LogP contribution in [0.3, 0.4) is 0 Å². The summed E-state index contributed by atoms with van der Waals surface area (Å²) in [5, 5.41) is 9.21. The largest absolute Gasteiger partial charge is 0.341 e. The molecule has 1 saturated carbocycles. The Balaban J connectivity index is 1.55. The van der Waals surface area contributed by atoms with Crippen molar-refractivity contribution in [2.75, 3.05) is 12.8 Å². The molecule has 122 valence electrons. The van der Waals surface area contributed by atoms with Crippen molar-refractivity contribution in [3.63, 3.8) is 0 Å². The average Bonchev–Trinajstić information content (AvgIpc) is 3.30. The maximum absolute atomic E-state index is 12.3. The Labute approximate surface area is 141 Å². The van der Waals surface area contributed by atoms with E-state index in [1.165, 1.54) is 30.2 Å². The van der Waals surface area contributed by atoms with Crippen LogP contribution in [0.1, 0.15) is 35.8 Å². The minimum absolute atomic E-state index is 0.110. The summed E-state index contributed by atoms with van der Waals surface area (Å²) in [6.45, 7) is 4.67. The van der Waals surface area contributed by atoms with Gasteiger partial charge in [0.25, 0.3) is 0 Å². The van der Waals surface area contributed by atoms with E-state index in [1.807, 2.05) is 14.0 Å². The second-order valence-electron chi connectivity index (χ2n) is 6.16. The quantitative estimate of drug-likeness (QED) is 0.764. The van der Waals surface area contributed by atoms with Crippen molar-refractivity contribution < 1.29 is 4.79 Å². The van der Waals surface area contributed by atoms with Crippen molar-refractivity contribution in [2.24, 2.45) is 0 Å². The van der Waals surface area contributed by atoms with Crippen molar-refractivity contribution in [1.29, 1.82) is 0 Å². The van der Waals surface area contributed by atoms with E-state index in [0.29, 0.717) is 18.3 Å². The molecule has 23 heavy (non-hydrogen) atoms. The fourth-order valence-corrected chi connectivity index (χ4v) is 3.49. The van der Waals surface area contributed by atoms with Gasteiger partial charge >= 0.3 is 0 Å². The molecule has 1 amide bonds. The van der Waals surface area contributed by atoms with Crippen LogP contribution in [-0.2, 0) is 11.3 Å². The molecule has 1 aliphatic rings. The Bertz CT molecular complexity index is 691. The first-order chi connectivity index (χ1) is 11.0. The van der Waals surface area contributed by atoms with Gasteiger partial charge in [0.05, 0.1) is 5.75 Å². The Kier molecular flexibility index (Phi) is 4.71. The molecule has 1 fully saturated rings. The molecule has 0 bridgehead atoms. The molecule has 0 unspecified atom stereocenters. The van der Waals surface area contributed by atoms with Crippen molar-refractivity contribution >= 4 is 17.7 Å². The summed E-state index contributed by atoms with van der Waals surface area (Å²) in [5.74, 6) is 1.45. The van der Waals surface area contributed by atoms with Gasteiger partial charge in [-0.1, -0.05) is 41.6 Å². The number of aromatic nitrogens is 3. The van der Waals surface area contributed by atoms with E-state index in [0.717, 1.165) is 16.5 Å². The van der Waals surface area contributed by atoms with E-state index >= 15 is 0 Å². The van der Waals surface area contributed by atoms with Crippen LogP contribution >= 0.6 is 11.8 Å². The third-order valence-electron chi connectivity index (χ3n) is 4.04. The maximum Gasteiger partial charge on any atom is 0.233 e. The molecule has 1 heterocycles. The number of hydrogen-bond donors (Lipinski definition) is 0. The minimum atomic E-state index is 0.110. The topological polar surface area (TPSA) is 51.0 Å². The van der Waals surface area contributed by atoms with E-state index in [9.17, 15) is 4.79 Å². The molecule has 0 atom stereocenters. The third-order valence-corrected chi connectivity index (χ3v) is 4.97. The van der Waals surface area contributed by atoms with E-state index in [-0.39, 0.29) is 5.91 Å². The predicted molar refractivity (Wildman–Crippen MR) is 91.4 cm³/mol. The zero-order valence-corrected chi connectivity index (χ0v) is 14.6. The zero-order chi connectivity index (χ0) is 16.4. The molecule has 1 aliphatic carbocycles. The highest BCUT2D eigenvalue weighted by atomic mass is 32.2. The molecule has 0 aliphatic heterocycles. The number of rotatable bonds is 6. The standard InChI is InChI=1S/C17H22N4OS/c1-12-4-6-14(7-5-12)10-20(3)16(22)11-23-17-19-18-13(2)21(17)15-8-9-15/h4-7,15H,8-11H2,1-3H3. The SMILES string of the molecule is Cc1ccc(CN(C)C(=O)CSc2nnc(C)n2C2CC2)cc1. The van der Waals surface area contributed by atoms with Gasteiger partial charge in [-0.2, -0.15) is 0 Å². The average molecular weight is 330 g/mol. The van der Waals surface area contributed by atoms with E-state index in [1.54, 1.807) is 4.90 Å². The Hall–Kier alpha value is -1.82. The normalized spacial score (nSPS) is 14.0. The highest BCUT2D eigenvalue weighted by Gasteiger charge is 2.28. The van der Waals surface area contributed by atoms with Crippen LogP contribution < -0.4 is 0 Å². The Morgan fingerprint density at radius 1 is 1.26 bits per heavy atom. The van der Waals surface area contributed by atoms with Crippen LogP contribution in [0.4, 0.5) is 0 Å². The van der Waals surface area contributed by atoms with Crippen molar-refractivity contribution in [3.05, 3.63) is 41.2 Å². The molecule has 1 aromatic heterocycles. The van der Waals surface area contributed by atoms with Crippen LogP contribution in [0.5, 0.6) is 0 Å². The van der Waals surface area contributed by atoms with E-state index in [2.05, 4.69) is 46.0 Å². The van der Waals surface area contributed by atoms with Crippen molar-refractivity contribution in [3.8, 4) is 0 Å². The van der Waals surface area contributed by atoms with Crippen LogP contribution in [0, 0.1) is 13.8 Å². The lowest BCUT2D eigenvalue weighted by molar-refractivity contribution is -0.127. The molecule has 2 aromatic rings. The first-order valence-corrected chi connectivity index (χ1v) is 8.87.